The van der Waals surface area contributed by atoms with Gasteiger partial charge in [-0.3, -0.25) is 9.59 Å². The van der Waals surface area contributed by atoms with E-state index in [-0.39, 0.29) is 18.2 Å². The minimum atomic E-state index is -0.390. The molecule has 0 bridgehead atoms. The lowest BCUT2D eigenvalue weighted by atomic mass is 10.1. The fourth-order valence-corrected chi connectivity index (χ4v) is 2.13. The van der Waals surface area contributed by atoms with Crippen molar-refractivity contribution in [1.29, 1.82) is 0 Å². The van der Waals surface area contributed by atoms with Crippen LogP contribution in [0.15, 0.2) is 24.3 Å². The molecule has 1 aromatic rings. The number of carbonyl (C=O) groups excluding carboxylic acids is 2. The number of hydrogen-bond acceptors (Lipinski definition) is 3. The van der Waals surface area contributed by atoms with Gasteiger partial charge in [-0.2, -0.15) is 0 Å². The zero-order valence-electron chi connectivity index (χ0n) is 10.1. The zero-order chi connectivity index (χ0) is 13.1. The summed E-state index contributed by atoms with van der Waals surface area (Å²) in [4.78, 5) is 24.4. The van der Waals surface area contributed by atoms with Gasteiger partial charge in [0.15, 0.2) is 0 Å². The highest BCUT2D eigenvalue weighted by molar-refractivity contribution is 5.88. The van der Waals surface area contributed by atoms with E-state index in [1.807, 2.05) is 24.3 Å². The van der Waals surface area contributed by atoms with Gasteiger partial charge in [0.1, 0.15) is 0 Å². The molecule has 18 heavy (non-hydrogen) atoms. The average molecular weight is 247 g/mol. The Balaban J connectivity index is 1.89. The molecular formula is C13H17N3O2. The Morgan fingerprint density at radius 2 is 2.00 bits per heavy atom. The SMILES string of the molecule is NC(=O)C1CC(=O)N(CCc2ccc(N)cc2)C1. The van der Waals surface area contributed by atoms with Gasteiger partial charge in [-0.1, -0.05) is 12.1 Å². The predicted molar refractivity (Wildman–Crippen MR) is 68.4 cm³/mol. The third-order valence-corrected chi connectivity index (χ3v) is 3.27. The first-order chi connectivity index (χ1) is 8.56. The van der Waals surface area contributed by atoms with Crippen molar-refractivity contribution in [1.82, 2.24) is 4.90 Å². The first-order valence-electron chi connectivity index (χ1n) is 5.98. The van der Waals surface area contributed by atoms with Gasteiger partial charge in [-0.25, -0.2) is 0 Å². The van der Waals surface area contributed by atoms with Crippen molar-refractivity contribution < 1.29 is 9.59 Å². The van der Waals surface area contributed by atoms with Crippen LogP contribution in [0, 0.1) is 5.92 Å². The van der Waals surface area contributed by atoms with Gasteiger partial charge in [-0.15, -0.1) is 0 Å². The summed E-state index contributed by atoms with van der Waals surface area (Å²) >= 11 is 0. The molecule has 5 nitrogen and oxygen atoms in total. The number of anilines is 1. The maximum atomic E-state index is 11.7. The van der Waals surface area contributed by atoms with Gasteiger partial charge in [0, 0.05) is 25.2 Å². The van der Waals surface area contributed by atoms with Crippen LogP contribution in [0.2, 0.25) is 0 Å². The van der Waals surface area contributed by atoms with Crippen molar-refractivity contribution in [3.8, 4) is 0 Å². The largest absolute Gasteiger partial charge is 0.399 e. The number of hydrogen-bond donors (Lipinski definition) is 2. The van der Waals surface area contributed by atoms with E-state index in [1.54, 1.807) is 4.90 Å². The summed E-state index contributed by atoms with van der Waals surface area (Å²) in [7, 11) is 0. The van der Waals surface area contributed by atoms with Crippen LogP contribution >= 0.6 is 0 Å². The molecule has 1 atom stereocenters. The van der Waals surface area contributed by atoms with Crippen LogP contribution in [0.3, 0.4) is 0 Å². The van der Waals surface area contributed by atoms with Crippen LogP contribution < -0.4 is 11.5 Å². The molecule has 1 unspecified atom stereocenters. The fourth-order valence-electron chi connectivity index (χ4n) is 2.13. The van der Waals surface area contributed by atoms with Crippen molar-refractivity contribution in [2.75, 3.05) is 18.8 Å². The lowest BCUT2D eigenvalue weighted by molar-refractivity contribution is -0.128. The summed E-state index contributed by atoms with van der Waals surface area (Å²) in [6.07, 6.45) is 1.01. The summed E-state index contributed by atoms with van der Waals surface area (Å²) in [5.41, 5.74) is 12.7. The van der Waals surface area contributed by atoms with E-state index in [0.29, 0.717) is 13.1 Å². The van der Waals surface area contributed by atoms with Gasteiger partial charge in [0.25, 0.3) is 0 Å². The van der Waals surface area contributed by atoms with Gasteiger partial charge in [0.2, 0.25) is 11.8 Å². The van der Waals surface area contributed by atoms with Crippen LogP contribution in [-0.2, 0) is 16.0 Å². The minimum Gasteiger partial charge on any atom is -0.399 e. The van der Waals surface area contributed by atoms with Crippen molar-refractivity contribution in [2.24, 2.45) is 11.7 Å². The highest BCUT2D eigenvalue weighted by Gasteiger charge is 2.32. The first kappa shape index (κ1) is 12.4. The summed E-state index contributed by atoms with van der Waals surface area (Å²) in [6, 6.07) is 7.57. The van der Waals surface area contributed by atoms with Crippen LogP contribution in [0.25, 0.3) is 0 Å². The Bertz CT molecular complexity index is 456. The summed E-state index contributed by atoms with van der Waals surface area (Å²) in [5.74, 6) is -0.712. The van der Waals surface area contributed by atoms with Gasteiger partial charge < -0.3 is 16.4 Å². The Kier molecular flexibility index (Phi) is 3.50. The molecule has 0 saturated carbocycles. The molecule has 96 valence electrons. The summed E-state index contributed by atoms with van der Waals surface area (Å²) in [5, 5.41) is 0. The molecule has 1 aromatic carbocycles. The molecule has 1 heterocycles. The molecule has 0 aliphatic carbocycles. The van der Waals surface area contributed by atoms with Crippen LogP contribution in [-0.4, -0.2) is 29.8 Å². The van der Waals surface area contributed by atoms with Crippen molar-refractivity contribution in [3.63, 3.8) is 0 Å². The van der Waals surface area contributed by atoms with E-state index in [2.05, 4.69) is 0 Å². The molecule has 1 aliphatic rings. The Hall–Kier alpha value is -2.04. The first-order valence-corrected chi connectivity index (χ1v) is 5.98. The highest BCUT2D eigenvalue weighted by atomic mass is 16.2. The molecule has 0 spiro atoms. The molecule has 4 N–H and O–H groups in total. The van der Waals surface area contributed by atoms with Crippen molar-refractivity contribution in [2.45, 2.75) is 12.8 Å². The van der Waals surface area contributed by atoms with E-state index < -0.39 is 5.91 Å². The molecule has 2 amide bonds. The number of benzene rings is 1. The third-order valence-electron chi connectivity index (χ3n) is 3.27. The standard InChI is InChI=1S/C13H17N3O2/c14-11-3-1-9(2-4-11)5-6-16-8-10(13(15)18)7-12(16)17/h1-4,10H,5-8,14H2,(H2,15,18). The molecule has 2 rings (SSSR count). The van der Waals surface area contributed by atoms with Gasteiger partial charge in [-0.05, 0) is 24.1 Å². The number of nitrogens with two attached hydrogens (primary N) is 2. The number of likely N-dealkylation sites (tertiary alicyclic amines) is 1. The quantitative estimate of drug-likeness (QED) is 0.742. The third kappa shape index (κ3) is 2.80. The lowest BCUT2D eigenvalue weighted by Crippen LogP contribution is -2.30. The normalized spacial score (nSPS) is 19.2. The van der Waals surface area contributed by atoms with E-state index in [4.69, 9.17) is 11.5 Å². The molecule has 1 fully saturated rings. The van der Waals surface area contributed by atoms with Crippen molar-refractivity contribution in [3.05, 3.63) is 29.8 Å². The second-order valence-corrected chi connectivity index (χ2v) is 4.63. The summed E-state index contributed by atoms with van der Waals surface area (Å²) in [6.45, 7) is 1.07. The average Bonchev–Trinajstić information content (AvgIpc) is 2.70. The van der Waals surface area contributed by atoms with E-state index >= 15 is 0 Å². The number of amides is 2. The van der Waals surface area contributed by atoms with Crippen molar-refractivity contribution >= 4 is 17.5 Å². The minimum absolute atomic E-state index is 0.00856. The Labute approximate surface area is 106 Å². The Morgan fingerprint density at radius 1 is 1.33 bits per heavy atom. The van der Waals surface area contributed by atoms with Crippen LogP contribution in [0.5, 0.6) is 0 Å². The number of carbonyl (C=O) groups is 2. The van der Waals surface area contributed by atoms with E-state index in [1.165, 1.54) is 0 Å². The topological polar surface area (TPSA) is 89.4 Å². The number of primary amides is 1. The second kappa shape index (κ2) is 5.08. The molecule has 1 aliphatic heterocycles. The smallest absolute Gasteiger partial charge is 0.223 e. The van der Waals surface area contributed by atoms with Gasteiger partial charge in [0.05, 0.1) is 5.92 Å². The molecule has 0 aromatic heterocycles. The molecule has 0 radical (unpaired) electrons. The van der Waals surface area contributed by atoms with Gasteiger partial charge >= 0.3 is 0 Å². The number of nitrogens with zero attached hydrogens (tertiary/aromatic N) is 1. The second-order valence-electron chi connectivity index (χ2n) is 4.63. The zero-order valence-corrected chi connectivity index (χ0v) is 10.1. The maximum Gasteiger partial charge on any atom is 0.223 e. The maximum absolute atomic E-state index is 11.7. The summed E-state index contributed by atoms with van der Waals surface area (Å²) < 4.78 is 0. The van der Waals surface area contributed by atoms with E-state index in [0.717, 1.165) is 17.7 Å². The molecular weight excluding hydrogens is 230 g/mol. The molecule has 1 saturated heterocycles. The van der Waals surface area contributed by atoms with Crippen LogP contribution in [0.4, 0.5) is 5.69 Å². The number of nitrogen functional groups attached to an aromatic ring is 1. The monoisotopic (exact) mass is 247 g/mol. The lowest BCUT2D eigenvalue weighted by Gasteiger charge is -2.15. The molecule has 5 heteroatoms. The van der Waals surface area contributed by atoms with Crippen LogP contribution in [0.1, 0.15) is 12.0 Å². The fraction of sp³-hybridized carbons (Fsp3) is 0.385. The predicted octanol–water partition coefficient (Wildman–Crippen LogP) is 0.145. The highest BCUT2D eigenvalue weighted by Crippen LogP contribution is 2.18. The number of rotatable bonds is 4. The van der Waals surface area contributed by atoms with E-state index in [9.17, 15) is 9.59 Å². The Morgan fingerprint density at radius 3 is 2.56 bits per heavy atom.